The van der Waals surface area contributed by atoms with Crippen LogP contribution in [-0.2, 0) is 0 Å². The van der Waals surface area contributed by atoms with Crippen molar-refractivity contribution in [2.45, 2.75) is 64.3 Å². The molecule has 2 atom stereocenters. The third-order valence-corrected chi connectivity index (χ3v) is 4.52. The smallest absolute Gasteiger partial charge is 0.191 e. The van der Waals surface area contributed by atoms with Gasteiger partial charge < -0.3 is 10.6 Å². The topological polar surface area (TPSA) is 36.4 Å². The summed E-state index contributed by atoms with van der Waals surface area (Å²) in [6.45, 7) is 3.48. The summed E-state index contributed by atoms with van der Waals surface area (Å²) in [6.07, 6.45) is 10.9. The van der Waals surface area contributed by atoms with Crippen LogP contribution >= 0.6 is 0 Å². The van der Waals surface area contributed by atoms with Crippen LogP contribution in [0.3, 0.4) is 0 Å². The average molecular weight is 251 g/mol. The molecule has 2 aliphatic carbocycles. The van der Waals surface area contributed by atoms with Gasteiger partial charge in [-0.3, -0.25) is 4.99 Å². The van der Waals surface area contributed by atoms with Crippen LogP contribution < -0.4 is 10.6 Å². The highest BCUT2D eigenvalue weighted by atomic mass is 15.2. The zero-order valence-corrected chi connectivity index (χ0v) is 12.0. The van der Waals surface area contributed by atoms with E-state index < -0.39 is 0 Å². The van der Waals surface area contributed by atoms with Crippen LogP contribution in [0.5, 0.6) is 0 Å². The van der Waals surface area contributed by atoms with Crippen molar-refractivity contribution in [1.29, 1.82) is 0 Å². The number of hydrogen-bond donors (Lipinski definition) is 2. The van der Waals surface area contributed by atoms with Crippen molar-refractivity contribution in [3.63, 3.8) is 0 Å². The number of guanidine groups is 1. The predicted molar refractivity (Wildman–Crippen MR) is 77.9 cm³/mol. The lowest BCUT2D eigenvalue weighted by molar-refractivity contribution is 0.282. The van der Waals surface area contributed by atoms with Crippen LogP contribution in [0.25, 0.3) is 0 Å². The third kappa shape index (κ3) is 4.18. The van der Waals surface area contributed by atoms with Crippen molar-refractivity contribution < 1.29 is 0 Å². The summed E-state index contributed by atoms with van der Waals surface area (Å²) in [5, 5.41) is 7.08. The van der Waals surface area contributed by atoms with Gasteiger partial charge in [-0.05, 0) is 37.5 Å². The van der Waals surface area contributed by atoms with E-state index in [1.165, 1.54) is 51.4 Å². The van der Waals surface area contributed by atoms with Crippen molar-refractivity contribution in [2.75, 3.05) is 13.6 Å². The van der Waals surface area contributed by atoms with Gasteiger partial charge in [0.1, 0.15) is 0 Å². The minimum absolute atomic E-state index is 0.654. The maximum Gasteiger partial charge on any atom is 0.191 e. The standard InChI is InChI=1S/C15H29N3/c1-12-6-5-7-13(10-12)11-17-15(16-2)18-14-8-3-4-9-14/h12-14H,3-11H2,1-2H3,(H2,16,17,18). The van der Waals surface area contributed by atoms with Crippen LogP contribution in [0.15, 0.2) is 4.99 Å². The van der Waals surface area contributed by atoms with E-state index in [4.69, 9.17) is 0 Å². The van der Waals surface area contributed by atoms with Crippen LogP contribution in [0, 0.1) is 11.8 Å². The molecule has 18 heavy (non-hydrogen) atoms. The van der Waals surface area contributed by atoms with Crippen LogP contribution in [-0.4, -0.2) is 25.6 Å². The molecular weight excluding hydrogens is 222 g/mol. The summed E-state index contributed by atoms with van der Waals surface area (Å²) >= 11 is 0. The quantitative estimate of drug-likeness (QED) is 0.598. The minimum Gasteiger partial charge on any atom is -0.356 e. The fourth-order valence-corrected chi connectivity index (χ4v) is 3.44. The summed E-state index contributed by atoms with van der Waals surface area (Å²) in [4.78, 5) is 4.35. The molecule has 2 aliphatic rings. The van der Waals surface area contributed by atoms with Crippen LogP contribution in [0.4, 0.5) is 0 Å². The first-order valence-corrected chi connectivity index (χ1v) is 7.75. The molecule has 104 valence electrons. The molecule has 3 nitrogen and oxygen atoms in total. The molecule has 0 aliphatic heterocycles. The molecule has 2 fully saturated rings. The average Bonchev–Trinajstić information content (AvgIpc) is 2.87. The Labute approximate surface area is 112 Å². The van der Waals surface area contributed by atoms with E-state index in [0.29, 0.717) is 6.04 Å². The second kappa shape index (κ2) is 7.01. The molecule has 0 spiro atoms. The van der Waals surface area contributed by atoms with Gasteiger partial charge >= 0.3 is 0 Å². The molecule has 0 aromatic rings. The molecule has 2 saturated carbocycles. The Kier molecular flexibility index (Phi) is 5.33. The number of rotatable bonds is 3. The lowest BCUT2D eigenvalue weighted by Gasteiger charge is -2.27. The molecule has 0 heterocycles. The van der Waals surface area contributed by atoms with Gasteiger partial charge in [0.2, 0.25) is 0 Å². The molecule has 0 radical (unpaired) electrons. The maximum absolute atomic E-state index is 4.35. The van der Waals surface area contributed by atoms with Crippen molar-refractivity contribution in [1.82, 2.24) is 10.6 Å². The number of hydrogen-bond acceptors (Lipinski definition) is 1. The fraction of sp³-hybridized carbons (Fsp3) is 0.933. The van der Waals surface area contributed by atoms with Gasteiger partial charge in [-0.15, -0.1) is 0 Å². The Hall–Kier alpha value is -0.730. The Balaban J connectivity index is 1.69. The van der Waals surface area contributed by atoms with E-state index in [9.17, 15) is 0 Å². The Morgan fingerprint density at radius 1 is 1.11 bits per heavy atom. The molecule has 3 heteroatoms. The van der Waals surface area contributed by atoms with Crippen molar-refractivity contribution in [2.24, 2.45) is 16.8 Å². The number of aliphatic imine (C=N–C) groups is 1. The lowest BCUT2D eigenvalue weighted by Crippen LogP contribution is -2.44. The van der Waals surface area contributed by atoms with E-state index in [0.717, 1.165) is 24.3 Å². The van der Waals surface area contributed by atoms with Gasteiger partial charge in [0.05, 0.1) is 0 Å². The van der Waals surface area contributed by atoms with Crippen molar-refractivity contribution in [3.05, 3.63) is 0 Å². The molecule has 0 saturated heterocycles. The second-order valence-corrected chi connectivity index (χ2v) is 6.22. The van der Waals surface area contributed by atoms with Gasteiger partial charge in [-0.25, -0.2) is 0 Å². The monoisotopic (exact) mass is 251 g/mol. The molecule has 2 unspecified atom stereocenters. The highest BCUT2D eigenvalue weighted by Gasteiger charge is 2.20. The Bertz CT molecular complexity index is 269. The number of nitrogens with one attached hydrogen (secondary N) is 2. The largest absolute Gasteiger partial charge is 0.356 e. The molecule has 2 N–H and O–H groups in total. The molecule has 0 amide bonds. The van der Waals surface area contributed by atoms with E-state index in [1.54, 1.807) is 0 Å². The summed E-state index contributed by atoms with van der Waals surface area (Å²) in [7, 11) is 1.88. The summed E-state index contributed by atoms with van der Waals surface area (Å²) in [5.41, 5.74) is 0. The third-order valence-electron chi connectivity index (χ3n) is 4.52. The summed E-state index contributed by atoms with van der Waals surface area (Å²) in [5.74, 6) is 2.77. The SMILES string of the molecule is CN=C(NCC1CCCC(C)C1)NC1CCCC1. The van der Waals surface area contributed by atoms with E-state index in [-0.39, 0.29) is 0 Å². The van der Waals surface area contributed by atoms with E-state index in [2.05, 4.69) is 22.5 Å². The maximum atomic E-state index is 4.35. The van der Waals surface area contributed by atoms with E-state index in [1.807, 2.05) is 7.05 Å². The highest BCUT2D eigenvalue weighted by molar-refractivity contribution is 5.79. The molecular formula is C15H29N3. The zero-order chi connectivity index (χ0) is 12.8. The Morgan fingerprint density at radius 3 is 2.56 bits per heavy atom. The van der Waals surface area contributed by atoms with Gasteiger partial charge in [0.15, 0.2) is 5.96 Å². The molecule has 0 aromatic heterocycles. The molecule has 0 aromatic carbocycles. The molecule has 2 rings (SSSR count). The van der Waals surface area contributed by atoms with Gasteiger partial charge in [0, 0.05) is 19.6 Å². The van der Waals surface area contributed by atoms with Crippen LogP contribution in [0.1, 0.15) is 58.3 Å². The Morgan fingerprint density at radius 2 is 1.89 bits per heavy atom. The first-order chi connectivity index (χ1) is 8.78. The number of nitrogens with zero attached hydrogens (tertiary/aromatic N) is 1. The first kappa shape index (κ1) is 13.7. The molecule has 0 bridgehead atoms. The van der Waals surface area contributed by atoms with Gasteiger partial charge in [-0.2, -0.15) is 0 Å². The summed E-state index contributed by atoms with van der Waals surface area (Å²) < 4.78 is 0. The van der Waals surface area contributed by atoms with Crippen LogP contribution in [0.2, 0.25) is 0 Å². The van der Waals surface area contributed by atoms with Gasteiger partial charge in [-0.1, -0.05) is 32.6 Å². The minimum atomic E-state index is 0.654. The normalized spacial score (nSPS) is 30.4. The first-order valence-electron chi connectivity index (χ1n) is 7.75. The van der Waals surface area contributed by atoms with Gasteiger partial charge in [0.25, 0.3) is 0 Å². The van der Waals surface area contributed by atoms with E-state index >= 15 is 0 Å². The fourth-order valence-electron chi connectivity index (χ4n) is 3.44. The zero-order valence-electron chi connectivity index (χ0n) is 12.0. The predicted octanol–water partition coefficient (Wildman–Crippen LogP) is 2.92. The highest BCUT2D eigenvalue weighted by Crippen LogP contribution is 2.27. The van der Waals surface area contributed by atoms with Crippen molar-refractivity contribution >= 4 is 5.96 Å². The van der Waals surface area contributed by atoms with Crippen molar-refractivity contribution in [3.8, 4) is 0 Å². The lowest BCUT2D eigenvalue weighted by atomic mass is 9.82. The summed E-state index contributed by atoms with van der Waals surface area (Å²) in [6, 6.07) is 0.654. The second-order valence-electron chi connectivity index (χ2n) is 6.22.